The summed E-state index contributed by atoms with van der Waals surface area (Å²) in [5.41, 5.74) is 0.695. The summed E-state index contributed by atoms with van der Waals surface area (Å²) in [4.78, 5) is 22.6. The van der Waals surface area contributed by atoms with Crippen LogP contribution in [0.1, 0.15) is 16.1 Å². The van der Waals surface area contributed by atoms with Gasteiger partial charge in [-0.15, -0.1) is 0 Å². The van der Waals surface area contributed by atoms with E-state index >= 15 is 0 Å². The van der Waals surface area contributed by atoms with Gasteiger partial charge in [-0.1, -0.05) is 18.2 Å². The van der Waals surface area contributed by atoms with Gasteiger partial charge in [0.25, 0.3) is 5.91 Å². The predicted molar refractivity (Wildman–Crippen MR) is 82.6 cm³/mol. The molecule has 3 rings (SSSR count). The standard InChI is InChI=1S/C16H17FN4O2/c17-13-4-2-1-3-12(13)11-19-15(22)14-5-6-18-16(20-14)21-7-9-23-10-8-21/h1-6H,7-11H2,(H,19,22). The van der Waals surface area contributed by atoms with Crippen molar-refractivity contribution in [2.24, 2.45) is 0 Å². The van der Waals surface area contributed by atoms with Crippen LogP contribution >= 0.6 is 0 Å². The van der Waals surface area contributed by atoms with E-state index in [1.807, 2.05) is 4.90 Å². The summed E-state index contributed by atoms with van der Waals surface area (Å²) >= 11 is 0. The second-order valence-corrected chi connectivity index (χ2v) is 5.12. The van der Waals surface area contributed by atoms with E-state index in [-0.39, 0.29) is 24.0 Å². The van der Waals surface area contributed by atoms with E-state index in [1.54, 1.807) is 30.5 Å². The molecular formula is C16H17FN4O2. The molecule has 1 N–H and O–H groups in total. The zero-order chi connectivity index (χ0) is 16.1. The SMILES string of the molecule is O=C(NCc1ccccc1F)c1ccnc(N2CCOCC2)n1. The number of ether oxygens (including phenoxy) is 1. The third kappa shape index (κ3) is 3.81. The number of benzene rings is 1. The molecule has 2 aromatic rings. The molecule has 1 fully saturated rings. The first kappa shape index (κ1) is 15.4. The molecule has 0 saturated carbocycles. The minimum atomic E-state index is -0.356. The van der Waals surface area contributed by atoms with Crippen LogP contribution in [-0.2, 0) is 11.3 Å². The summed E-state index contributed by atoms with van der Waals surface area (Å²) in [5, 5.41) is 2.67. The summed E-state index contributed by atoms with van der Waals surface area (Å²) in [5.74, 6) is -0.193. The van der Waals surface area contributed by atoms with Gasteiger partial charge >= 0.3 is 0 Å². The summed E-state index contributed by atoms with van der Waals surface area (Å²) in [6.45, 7) is 2.74. The second kappa shape index (κ2) is 7.15. The number of rotatable bonds is 4. The Bertz CT molecular complexity index is 689. The number of hydrogen-bond donors (Lipinski definition) is 1. The molecule has 2 heterocycles. The van der Waals surface area contributed by atoms with Crippen molar-refractivity contribution < 1.29 is 13.9 Å². The number of carbonyl (C=O) groups is 1. The fourth-order valence-corrected chi connectivity index (χ4v) is 2.30. The molecule has 1 saturated heterocycles. The highest BCUT2D eigenvalue weighted by Gasteiger charge is 2.16. The summed E-state index contributed by atoms with van der Waals surface area (Å²) in [6, 6.07) is 7.88. The van der Waals surface area contributed by atoms with Crippen molar-refractivity contribution in [2.45, 2.75) is 6.54 Å². The molecule has 1 aliphatic rings. The number of nitrogens with zero attached hydrogens (tertiary/aromatic N) is 3. The number of halogens is 1. The van der Waals surface area contributed by atoms with Crippen molar-refractivity contribution >= 4 is 11.9 Å². The lowest BCUT2D eigenvalue weighted by molar-refractivity contribution is 0.0945. The molecule has 0 atom stereocenters. The molecule has 0 unspecified atom stereocenters. The molecule has 0 radical (unpaired) electrons. The molecule has 0 bridgehead atoms. The third-order valence-electron chi connectivity index (χ3n) is 3.57. The summed E-state index contributed by atoms with van der Waals surface area (Å²) in [6.07, 6.45) is 1.55. The van der Waals surface area contributed by atoms with Gasteiger partial charge in [-0.05, 0) is 12.1 Å². The first-order chi connectivity index (χ1) is 11.2. The first-order valence-electron chi connectivity index (χ1n) is 7.41. The molecule has 23 heavy (non-hydrogen) atoms. The van der Waals surface area contributed by atoms with Crippen molar-refractivity contribution in [1.82, 2.24) is 15.3 Å². The van der Waals surface area contributed by atoms with Crippen LogP contribution in [0, 0.1) is 5.82 Å². The molecule has 0 aliphatic carbocycles. The van der Waals surface area contributed by atoms with Crippen molar-refractivity contribution in [3.05, 3.63) is 53.6 Å². The van der Waals surface area contributed by atoms with Gasteiger partial charge in [-0.3, -0.25) is 4.79 Å². The van der Waals surface area contributed by atoms with Crippen LogP contribution in [0.3, 0.4) is 0 Å². The van der Waals surface area contributed by atoms with Crippen LogP contribution in [0.4, 0.5) is 10.3 Å². The van der Waals surface area contributed by atoms with E-state index in [0.29, 0.717) is 37.8 Å². The molecule has 0 spiro atoms. The average Bonchev–Trinajstić information content (AvgIpc) is 2.62. The topological polar surface area (TPSA) is 67.4 Å². The lowest BCUT2D eigenvalue weighted by Crippen LogP contribution is -2.37. The first-order valence-corrected chi connectivity index (χ1v) is 7.41. The molecule has 1 aromatic carbocycles. The largest absolute Gasteiger partial charge is 0.378 e. The minimum Gasteiger partial charge on any atom is -0.378 e. The van der Waals surface area contributed by atoms with Gasteiger partial charge in [0.1, 0.15) is 11.5 Å². The number of nitrogens with one attached hydrogen (secondary N) is 1. The Balaban J connectivity index is 1.66. The van der Waals surface area contributed by atoms with E-state index in [9.17, 15) is 9.18 Å². The predicted octanol–water partition coefficient (Wildman–Crippen LogP) is 1.38. The zero-order valence-electron chi connectivity index (χ0n) is 12.5. The lowest BCUT2D eigenvalue weighted by Gasteiger charge is -2.26. The van der Waals surface area contributed by atoms with Crippen molar-refractivity contribution in [1.29, 1.82) is 0 Å². The van der Waals surface area contributed by atoms with E-state index in [0.717, 1.165) is 0 Å². The highest BCUT2D eigenvalue weighted by atomic mass is 19.1. The smallest absolute Gasteiger partial charge is 0.270 e. The van der Waals surface area contributed by atoms with E-state index in [1.165, 1.54) is 6.07 Å². The Labute approximate surface area is 133 Å². The van der Waals surface area contributed by atoms with E-state index < -0.39 is 0 Å². The molecule has 1 aromatic heterocycles. The van der Waals surface area contributed by atoms with Crippen LogP contribution in [0.15, 0.2) is 36.5 Å². The van der Waals surface area contributed by atoms with Crippen molar-refractivity contribution in [3.8, 4) is 0 Å². The molecule has 7 heteroatoms. The number of amides is 1. The highest BCUT2D eigenvalue weighted by Crippen LogP contribution is 2.10. The number of aromatic nitrogens is 2. The van der Waals surface area contributed by atoms with E-state index in [4.69, 9.17) is 4.74 Å². The van der Waals surface area contributed by atoms with Crippen LogP contribution < -0.4 is 10.2 Å². The quantitative estimate of drug-likeness (QED) is 0.923. The maximum atomic E-state index is 13.6. The number of morpholine rings is 1. The van der Waals surface area contributed by atoms with Gasteiger partial charge in [0.15, 0.2) is 0 Å². The maximum Gasteiger partial charge on any atom is 0.270 e. The van der Waals surface area contributed by atoms with Crippen LogP contribution in [0.25, 0.3) is 0 Å². The summed E-state index contributed by atoms with van der Waals surface area (Å²) in [7, 11) is 0. The van der Waals surface area contributed by atoms with E-state index in [2.05, 4.69) is 15.3 Å². The normalized spacial score (nSPS) is 14.6. The van der Waals surface area contributed by atoms with Crippen molar-refractivity contribution in [2.75, 3.05) is 31.2 Å². The number of carbonyl (C=O) groups excluding carboxylic acids is 1. The zero-order valence-corrected chi connectivity index (χ0v) is 12.5. The minimum absolute atomic E-state index is 0.113. The van der Waals surface area contributed by atoms with Gasteiger partial charge in [0.2, 0.25) is 5.95 Å². The summed E-state index contributed by atoms with van der Waals surface area (Å²) < 4.78 is 18.8. The van der Waals surface area contributed by atoms with Gasteiger partial charge in [0, 0.05) is 31.4 Å². The molecule has 6 nitrogen and oxygen atoms in total. The van der Waals surface area contributed by atoms with Crippen molar-refractivity contribution in [3.63, 3.8) is 0 Å². The molecule has 120 valence electrons. The highest BCUT2D eigenvalue weighted by molar-refractivity contribution is 5.92. The third-order valence-corrected chi connectivity index (χ3v) is 3.57. The Morgan fingerprint density at radius 2 is 2.04 bits per heavy atom. The van der Waals surface area contributed by atoms with Gasteiger partial charge in [0.05, 0.1) is 13.2 Å². The molecular weight excluding hydrogens is 299 g/mol. The fourth-order valence-electron chi connectivity index (χ4n) is 2.30. The Kier molecular flexibility index (Phi) is 4.77. The number of anilines is 1. The number of hydrogen-bond acceptors (Lipinski definition) is 5. The van der Waals surface area contributed by atoms with Gasteiger partial charge in [-0.2, -0.15) is 0 Å². The monoisotopic (exact) mass is 316 g/mol. The lowest BCUT2D eigenvalue weighted by atomic mass is 10.2. The maximum absolute atomic E-state index is 13.6. The Morgan fingerprint density at radius 3 is 2.83 bits per heavy atom. The van der Waals surface area contributed by atoms with Crippen LogP contribution in [-0.4, -0.2) is 42.2 Å². The van der Waals surface area contributed by atoms with Gasteiger partial charge in [-0.25, -0.2) is 14.4 Å². The molecule has 1 amide bonds. The van der Waals surface area contributed by atoms with Gasteiger partial charge < -0.3 is 15.0 Å². The molecule has 1 aliphatic heterocycles. The average molecular weight is 316 g/mol. The van der Waals surface area contributed by atoms with Crippen LogP contribution in [0.2, 0.25) is 0 Å². The van der Waals surface area contributed by atoms with Crippen LogP contribution in [0.5, 0.6) is 0 Å². The Morgan fingerprint density at radius 1 is 1.26 bits per heavy atom. The fraction of sp³-hybridized carbons (Fsp3) is 0.312. The second-order valence-electron chi connectivity index (χ2n) is 5.12. The Hall–Kier alpha value is -2.54.